The molecule has 138 valence electrons. The van der Waals surface area contributed by atoms with Gasteiger partial charge in [0.2, 0.25) is 5.91 Å². The van der Waals surface area contributed by atoms with Crippen molar-refractivity contribution >= 4 is 39.3 Å². The summed E-state index contributed by atoms with van der Waals surface area (Å²) in [5, 5.41) is 3.34. The molecule has 0 heterocycles. The van der Waals surface area contributed by atoms with E-state index in [1.807, 2.05) is 0 Å². The van der Waals surface area contributed by atoms with E-state index in [1.165, 1.54) is 0 Å². The van der Waals surface area contributed by atoms with Crippen LogP contribution >= 0.6 is 27.5 Å². The summed E-state index contributed by atoms with van der Waals surface area (Å²) in [6.07, 6.45) is 0.210. The fraction of sp³-hybridized carbons (Fsp3) is 0.263. The van der Waals surface area contributed by atoms with Gasteiger partial charge in [-0.1, -0.05) is 27.5 Å². The molecule has 26 heavy (non-hydrogen) atoms. The molecule has 5 nitrogen and oxygen atoms in total. The second-order valence-electron chi connectivity index (χ2n) is 5.72. The van der Waals surface area contributed by atoms with Gasteiger partial charge in [-0.05, 0) is 42.5 Å². The number of halogens is 2. The number of rotatable bonds is 7. The van der Waals surface area contributed by atoms with Gasteiger partial charge in [-0.2, -0.15) is 0 Å². The van der Waals surface area contributed by atoms with E-state index in [2.05, 4.69) is 21.2 Å². The highest BCUT2D eigenvalue weighted by Crippen LogP contribution is 2.23. The van der Waals surface area contributed by atoms with Gasteiger partial charge in [-0.3, -0.25) is 9.59 Å². The number of benzene rings is 2. The minimum atomic E-state index is -0.204. The van der Waals surface area contributed by atoms with Crippen molar-refractivity contribution in [2.75, 3.05) is 20.7 Å². The molecular weight excluding hydrogens is 420 g/mol. The Morgan fingerprint density at radius 3 is 2.54 bits per heavy atom. The van der Waals surface area contributed by atoms with Crippen LogP contribution in [0.15, 0.2) is 46.9 Å². The molecule has 0 radical (unpaired) electrons. The lowest BCUT2D eigenvalue weighted by Gasteiger charge is -2.19. The normalized spacial score (nSPS) is 10.3. The second-order valence-corrected chi connectivity index (χ2v) is 7.07. The molecule has 0 atom stereocenters. The lowest BCUT2D eigenvalue weighted by Crippen LogP contribution is -2.32. The Kier molecular flexibility index (Phi) is 7.48. The van der Waals surface area contributed by atoms with Crippen LogP contribution in [0, 0.1) is 0 Å². The van der Waals surface area contributed by atoms with E-state index >= 15 is 0 Å². The zero-order valence-electron chi connectivity index (χ0n) is 14.6. The summed E-state index contributed by atoms with van der Waals surface area (Å²) in [4.78, 5) is 25.9. The molecule has 0 aliphatic carbocycles. The molecule has 1 N–H and O–H groups in total. The molecule has 2 amide bonds. The minimum absolute atomic E-state index is 0.0804. The van der Waals surface area contributed by atoms with Crippen LogP contribution in [0.5, 0.6) is 5.75 Å². The summed E-state index contributed by atoms with van der Waals surface area (Å²) >= 11 is 9.34. The van der Waals surface area contributed by atoms with E-state index in [4.69, 9.17) is 16.3 Å². The van der Waals surface area contributed by atoms with Crippen molar-refractivity contribution in [3.63, 3.8) is 0 Å². The third kappa shape index (κ3) is 5.75. The van der Waals surface area contributed by atoms with E-state index in [0.717, 1.165) is 10.0 Å². The van der Waals surface area contributed by atoms with Crippen LogP contribution in [0.4, 0.5) is 0 Å². The number of hydrogen-bond donors (Lipinski definition) is 1. The number of methoxy groups -OCH3 is 1. The van der Waals surface area contributed by atoms with Gasteiger partial charge in [0, 0.05) is 47.2 Å². The van der Waals surface area contributed by atoms with Gasteiger partial charge in [-0.15, -0.1) is 0 Å². The fourth-order valence-electron chi connectivity index (χ4n) is 2.39. The Morgan fingerprint density at radius 1 is 1.19 bits per heavy atom. The standard InChI is InChI=1S/C19H20BrClN2O3/c1-23(12-14-11-16(21)7-8-17(14)26-2)18(24)9-10-22-19(25)13-3-5-15(20)6-4-13/h3-8,11H,9-10,12H2,1-2H3,(H,22,25). The summed E-state index contributed by atoms with van der Waals surface area (Å²) in [6, 6.07) is 12.3. The monoisotopic (exact) mass is 438 g/mol. The van der Waals surface area contributed by atoms with Crippen molar-refractivity contribution in [1.82, 2.24) is 10.2 Å². The average molecular weight is 440 g/mol. The number of amides is 2. The van der Waals surface area contributed by atoms with E-state index < -0.39 is 0 Å². The first kappa shape index (κ1) is 20.3. The lowest BCUT2D eigenvalue weighted by molar-refractivity contribution is -0.130. The molecule has 0 saturated heterocycles. The molecule has 0 fully saturated rings. The van der Waals surface area contributed by atoms with Crippen molar-refractivity contribution in [3.8, 4) is 5.75 Å². The van der Waals surface area contributed by atoms with Crippen LogP contribution in [-0.4, -0.2) is 37.4 Å². The molecule has 0 saturated carbocycles. The number of carbonyl (C=O) groups excluding carboxylic acids is 2. The SMILES string of the molecule is COc1ccc(Cl)cc1CN(C)C(=O)CCNC(=O)c1ccc(Br)cc1. The maximum Gasteiger partial charge on any atom is 0.251 e. The number of carbonyl (C=O) groups is 2. The molecule has 0 aromatic heterocycles. The van der Waals surface area contributed by atoms with Crippen molar-refractivity contribution < 1.29 is 14.3 Å². The van der Waals surface area contributed by atoms with Gasteiger partial charge < -0.3 is 15.0 Å². The number of nitrogens with one attached hydrogen (secondary N) is 1. The summed E-state index contributed by atoms with van der Waals surface area (Å²) in [5.74, 6) is 0.394. The van der Waals surface area contributed by atoms with Gasteiger partial charge >= 0.3 is 0 Å². The molecule has 2 aromatic carbocycles. The van der Waals surface area contributed by atoms with Gasteiger partial charge in [0.1, 0.15) is 5.75 Å². The maximum atomic E-state index is 12.3. The molecule has 0 aliphatic heterocycles. The Balaban J connectivity index is 1.84. The quantitative estimate of drug-likeness (QED) is 0.712. The van der Waals surface area contributed by atoms with Gasteiger partial charge in [0.15, 0.2) is 0 Å². The molecular formula is C19H20BrClN2O3. The molecule has 0 spiro atoms. The van der Waals surface area contributed by atoms with Gasteiger partial charge in [0.25, 0.3) is 5.91 Å². The first-order valence-electron chi connectivity index (χ1n) is 8.01. The number of nitrogens with zero attached hydrogens (tertiary/aromatic N) is 1. The average Bonchev–Trinajstić information content (AvgIpc) is 2.62. The lowest BCUT2D eigenvalue weighted by atomic mass is 10.2. The zero-order valence-corrected chi connectivity index (χ0v) is 16.9. The highest BCUT2D eigenvalue weighted by atomic mass is 79.9. The molecule has 2 aromatic rings. The van der Waals surface area contributed by atoms with Gasteiger partial charge in [-0.25, -0.2) is 0 Å². The summed E-state index contributed by atoms with van der Waals surface area (Å²) < 4.78 is 6.20. The van der Waals surface area contributed by atoms with E-state index in [0.29, 0.717) is 22.9 Å². The van der Waals surface area contributed by atoms with Crippen LogP contribution in [0.1, 0.15) is 22.3 Å². The first-order chi connectivity index (χ1) is 12.4. The third-order valence-corrected chi connectivity index (χ3v) is 4.57. The maximum absolute atomic E-state index is 12.3. The third-order valence-electron chi connectivity index (χ3n) is 3.81. The second kappa shape index (κ2) is 9.59. The molecule has 7 heteroatoms. The van der Waals surface area contributed by atoms with E-state index in [1.54, 1.807) is 61.5 Å². The van der Waals surface area contributed by atoms with Gasteiger partial charge in [0.05, 0.1) is 7.11 Å². The Labute approximate surface area is 166 Å². The van der Waals surface area contributed by atoms with Crippen LogP contribution in [0.2, 0.25) is 5.02 Å². The molecule has 2 rings (SSSR count). The fourth-order valence-corrected chi connectivity index (χ4v) is 2.85. The predicted molar refractivity (Wildman–Crippen MR) is 106 cm³/mol. The summed E-state index contributed by atoms with van der Waals surface area (Å²) in [5.41, 5.74) is 1.38. The van der Waals surface area contributed by atoms with Crippen LogP contribution < -0.4 is 10.1 Å². The Bertz CT molecular complexity index is 781. The Morgan fingerprint density at radius 2 is 1.88 bits per heavy atom. The Hall–Kier alpha value is -2.05. The molecule has 0 bridgehead atoms. The minimum Gasteiger partial charge on any atom is -0.496 e. The van der Waals surface area contributed by atoms with E-state index in [9.17, 15) is 9.59 Å². The van der Waals surface area contributed by atoms with E-state index in [-0.39, 0.29) is 24.8 Å². The van der Waals surface area contributed by atoms with Crippen molar-refractivity contribution in [3.05, 3.63) is 63.1 Å². The zero-order chi connectivity index (χ0) is 19.1. The van der Waals surface area contributed by atoms with Crippen molar-refractivity contribution in [2.45, 2.75) is 13.0 Å². The predicted octanol–water partition coefficient (Wildman–Crippen LogP) is 3.89. The number of ether oxygens (including phenoxy) is 1. The smallest absolute Gasteiger partial charge is 0.251 e. The number of hydrogen-bond acceptors (Lipinski definition) is 3. The summed E-state index contributed by atoms with van der Waals surface area (Å²) in [6.45, 7) is 0.647. The highest BCUT2D eigenvalue weighted by molar-refractivity contribution is 9.10. The largest absolute Gasteiger partial charge is 0.496 e. The van der Waals surface area contributed by atoms with Crippen LogP contribution in [-0.2, 0) is 11.3 Å². The van der Waals surface area contributed by atoms with Crippen molar-refractivity contribution in [2.24, 2.45) is 0 Å². The van der Waals surface area contributed by atoms with Crippen LogP contribution in [0.25, 0.3) is 0 Å². The van der Waals surface area contributed by atoms with Crippen molar-refractivity contribution in [1.29, 1.82) is 0 Å². The molecule has 0 aliphatic rings. The van der Waals surface area contributed by atoms with Crippen LogP contribution in [0.3, 0.4) is 0 Å². The first-order valence-corrected chi connectivity index (χ1v) is 9.18. The summed E-state index contributed by atoms with van der Waals surface area (Å²) in [7, 11) is 3.28. The molecule has 0 unspecified atom stereocenters. The highest BCUT2D eigenvalue weighted by Gasteiger charge is 2.13. The topological polar surface area (TPSA) is 58.6 Å².